The second kappa shape index (κ2) is 13.9. The van der Waals surface area contributed by atoms with E-state index in [4.69, 9.17) is 0 Å². The number of anilines is 3. The molecule has 59 heavy (non-hydrogen) atoms. The topological polar surface area (TPSA) is 3.24 Å². The van der Waals surface area contributed by atoms with E-state index in [-0.39, 0.29) is 5.41 Å². The normalized spacial score (nSPS) is 15.3. The first-order valence-electron chi connectivity index (χ1n) is 21.0. The van der Waals surface area contributed by atoms with Gasteiger partial charge in [0, 0.05) is 22.2 Å². The molecular weight excluding hydrogens is 711 g/mol. The zero-order valence-corrected chi connectivity index (χ0v) is 33.6. The van der Waals surface area contributed by atoms with E-state index >= 15 is 0 Å². The second-order valence-corrected chi connectivity index (χ2v) is 16.7. The molecule has 0 radical (unpaired) electrons. The quantitative estimate of drug-likeness (QED) is 0.157. The Hall–Kier alpha value is -6.96. The van der Waals surface area contributed by atoms with Crippen molar-refractivity contribution in [3.05, 3.63) is 251 Å². The van der Waals surface area contributed by atoms with Gasteiger partial charge >= 0.3 is 0 Å². The van der Waals surface area contributed by atoms with Crippen molar-refractivity contribution in [2.24, 2.45) is 0 Å². The van der Waals surface area contributed by atoms with Gasteiger partial charge in [0.2, 0.25) is 0 Å². The third-order valence-electron chi connectivity index (χ3n) is 13.3. The molecule has 0 atom stereocenters. The van der Waals surface area contributed by atoms with Gasteiger partial charge in [0.05, 0.1) is 16.8 Å². The zero-order valence-electron chi connectivity index (χ0n) is 33.6. The highest BCUT2D eigenvalue weighted by Gasteiger charge is 2.46. The Bertz CT molecular complexity index is 2910. The van der Waals surface area contributed by atoms with Crippen molar-refractivity contribution >= 4 is 22.6 Å². The number of para-hydroxylation sites is 2. The number of fused-ring (bicyclic) bond motifs is 5. The molecule has 0 saturated heterocycles. The van der Waals surface area contributed by atoms with Crippen LogP contribution in [0.25, 0.3) is 39.0 Å². The third-order valence-corrected chi connectivity index (χ3v) is 13.3. The molecule has 0 bridgehead atoms. The maximum Gasteiger partial charge on any atom is 0.0713 e. The number of nitrogens with zero attached hydrogens (tertiary/aromatic N) is 1. The van der Waals surface area contributed by atoms with Crippen molar-refractivity contribution in [1.29, 1.82) is 0 Å². The molecule has 3 aliphatic carbocycles. The van der Waals surface area contributed by atoms with Gasteiger partial charge in [-0.3, -0.25) is 0 Å². The number of allylic oxidation sites excluding steroid dienone is 4. The maximum absolute atomic E-state index is 2.52. The number of hydrogen-bond acceptors (Lipinski definition) is 1. The van der Waals surface area contributed by atoms with E-state index in [1.165, 1.54) is 72.3 Å². The Morgan fingerprint density at radius 3 is 1.64 bits per heavy atom. The molecule has 0 saturated carbocycles. The molecule has 0 N–H and O–H groups in total. The van der Waals surface area contributed by atoms with Crippen LogP contribution in [-0.2, 0) is 10.8 Å². The average molecular weight is 756 g/mol. The summed E-state index contributed by atoms with van der Waals surface area (Å²) in [4.78, 5) is 2.52. The molecule has 0 fully saturated rings. The van der Waals surface area contributed by atoms with Gasteiger partial charge in [-0.25, -0.2) is 0 Å². The van der Waals surface area contributed by atoms with Crippen molar-refractivity contribution in [3.63, 3.8) is 0 Å². The van der Waals surface area contributed by atoms with E-state index < -0.39 is 5.41 Å². The standard InChI is InChI=1S/C58H45N/c1-57(2)51-30-16-12-28-47(51)49-37-35-44(39-53(49)57)59(55-32-18-14-26-45(55)40-20-6-3-7-21-40)56-33-19-15-27-46(56)41-34-36-50-48-29-13-17-31-52(48)58(54(50)38-41,42-22-8-4-9-23-42)43-24-10-5-11-25-43/h3-15,17-29,31-39H,16,30H2,1-2H3. The van der Waals surface area contributed by atoms with Gasteiger partial charge in [-0.15, -0.1) is 0 Å². The van der Waals surface area contributed by atoms with E-state index in [1.54, 1.807) is 5.57 Å². The van der Waals surface area contributed by atoms with Gasteiger partial charge in [-0.2, -0.15) is 0 Å². The van der Waals surface area contributed by atoms with Gasteiger partial charge in [0.25, 0.3) is 0 Å². The summed E-state index contributed by atoms with van der Waals surface area (Å²) in [7, 11) is 0. The lowest BCUT2D eigenvalue weighted by Gasteiger charge is -2.34. The second-order valence-electron chi connectivity index (χ2n) is 16.7. The minimum Gasteiger partial charge on any atom is -0.309 e. The maximum atomic E-state index is 2.52. The van der Waals surface area contributed by atoms with E-state index in [9.17, 15) is 0 Å². The highest BCUT2D eigenvalue weighted by molar-refractivity contribution is 5.96. The Labute approximate surface area is 348 Å². The Balaban J connectivity index is 1.16. The van der Waals surface area contributed by atoms with E-state index in [0.717, 1.165) is 29.9 Å². The smallest absolute Gasteiger partial charge is 0.0713 e. The molecule has 8 aromatic carbocycles. The summed E-state index contributed by atoms with van der Waals surface area (Å²) >= 11 is 0. The molecule has 11 rings (SSSR count). The van der Waals surface area contributed by atoms with Gasteiger partial charge in [0.1, 0.15) is 0 Å². The Morgan fingerprint density at radius 1 is 0.424 bits per heavy atom. The molecule has 8 aromatic rings. The van der Waals surface area contributed by atoms with Crippen LogP contribution in [0.2, 0.25) is 0 Å². The molecule has 3 aliphatic rings. The first-order valence-corrected chi connectivity index (χ1v) is 21.0. The Morgan fingerprint density at radius 2 is 0.966 bits per heavy atom. The molecule has 0 amide bonds. The van der Waals surface area contributed by atoms with Crippen molar-refractivity contribution in [3.8, 4) is 33.4 Å². The fraction of sp³-hybridized carbons (Fsp3) is 0.103. The minimum absolute atomic E-state index is 0.0528. The van der Waals surface area contributed by atoms with Gasteiger partial charge in [-0.05, 0) is 104 Å². The summed E-state index contributed by atoms with van der Waals surface area (Å²) < 4.78 is 0. The molecule has 1 nitrogen and oxygen atoms in total. The van der Waals surface area contributed by atoms with Gasteiger partial charge in [-0.1, -0.05) is 201 Å². The summed E-state index contributed by atoms with van der Waals surface area (Å²) in [5.74, 6) is 0. The van der Waals surface area contributed by atoms with Crippen LogP contribution in [0.1, 0.15) is 60.1 Å². The summed E-state index contributed by atoms with van der Waals surface area (Å²) in [6.45, 7) is 4.84. The predicted molar refractivity (Wildman–Crippen MR) is 248 cm³/mol. The molecule has 0 heterocycles. The fourth-order valence-corrected chi connectivity index (χ4v) is 10.6. The van der Waals surface area contributed by atoms with E-state index in [0.29, 0.717) is 0 Å². The lowest BCUT2D eigenvalue weighted by molar-refractivity contribution is 0.607. The monoisotopic (exact) mass is 755 g/mol. The van der Waals surface area contributed by atoms with Crippen molar-refractivity contribution < 1.29 is 0 Å². The fourth-order valence-electron chi connectivity index (χ4n) is 10.6. The van der Waals surface area contributed by atoms with Crippen molar-refractivity contribution in [2.45, 2.75) is 37.5 Å². The highest BCUT2D eigenvalue weighted by atomic mass is 15.1. The lowest BCUT2D eigenvalue weighted by Crippen LogP contribution is -2.28. The summed E-state index contributed by atoms with van der Waals surface area (Å²) in [5.41, 5.74) is 21.2. The van der Waals surface area contributed by atoms with Crippen LogP contribution < -0.4 is 4.90 Å². The van der Waals surface area contributed by atoms with Crippen LogP contribution in [0.3, 0.4) is 0 Å². The van der Waals surface area contributed by atoms with Crippen LogP contribution >= 0.6 is 0 Å². The summed E-state index contributed by atoms with van der Waals surface area (Å²) in [6.07, 6.45) is 6.92. The zero-order chi connectivity index (χ0) is 39.6. The predicted octanol–water partition coefficient (Wildman–Crippen LogP) is 15.2. The molecule has 0 aromatic heterocycles. The number of rotatable bonds is 7. The highest BCUT2D eigenvalue weighted by Crippen LogP contribution is 2.58. The van der Waals surface area contributed by atoms with Crippen LogP contribution in [-0.4, -0.2) is 0 Å². The average Bonchev–Trinajstić information content (AvgIpc) is 3.73. The molecule has 0 unspecified atom stereocenters. The van der Waals surface area contributed by atoms with E-state index in [2.05, 4.69) is 231 Å². The number of hydrogen-bond donors (Lipinski definition) is 0. The van der Waals surface area contributed by atoms with E-state index in [1.807, 2.05) is 0 Å². The van der Waals surface area contributed by atoms with Crippen LogP contribution in [0, 0.1) is 0 Å². The third kappa shape index (κ3) is 5.38. The SMILES string of the molecule is CC1(C)C2=C(C=CCC2)c2ccc(N(c3ccccc3-c3ccccc3)c3ccccc3-c3ccc4c(c3)C(c3ccccc3)(c3ccccc3)c3ccccc3-4)cc21. The van der Waals surface area contributed by atoms with Crippen molar-refractivity contribution in [2.75, 3.05) is 4.90 Å². The van der Waals surface area contributed by atoms with Crippen LogP contribution in [0.4, 0.5) is 17.1 Å². The largest absolute Gasteiger partial charge is 0.309 e. The minimum atomic E-state index is -0.481. The first-order chi connectivity index (χ1) is 29.0. The molecule has 0 spiro atoms. The van der Waals surface area contributed by atoms with Gasteiger partial charge in [0.15, 0.2) is 0 Å². The molecule has 0 aliphatic heterocycles. The molecule has 282 valence electrons. The summed E-state index contributed by atoms with van der Waals surface area (Å²) in [5, 5.41) is 0. The van der Waals surface area contributed by atoms with Crippen LogP contribution in [0.5, 0.6) is 0 Å². The van der Waals surface area contributed by atoms with Crippen molar-refractivity contribution in [1.82, 2.24) is 0 Å². The number of benzene rings is 8. The molecule has 1 heteroatoms. The molecular formula is C58H45N. The van der Waals surface area contributed by atoms with Crippen LogP contribution in [0.15, 0.2) is 218 Å². The lowest BCUT2D eigenvalue weighted by atomic mass is 9.67. The summed E-state index contributed by atoms with van der Waals surface area (Å²) in [6, 6.07) is 74.4. The first kappa shape index (κ1) is 35.2. The Kier molecular flexibility index (Phi) is 8.27. The van der Waals surface area contributed by atoms with Gasteiger partial charge < -0.3 is 4.90 Å².